The minimum Gasteiger partial charge on any atom is -0.341 e. The molecule has 1 aliphatic rings. The number of nitrogens with two attached hydrogens (primary N) is 1. The van der Waals surface area contributed by atoms with Gasteiger partial charge in [-0.3, -0.25) is 4.79 Å². The second-order valence-electron chi connectivity index (χ2n) is 7.51. The lowest BCUT2D eigenvalue weighted by molar-refractivity contribution is 0.495. The molecule has 1 fully saturated rings. The van der Waals surface area contributed by atoms with Gasteiger partial charge in [0.05, 0.1) is 24.6 Å². The molecule has 0 radical (unpaired) electrons. The zero-order chi connectivity index (χ0) is 20.5. The number of nitrogens with zero attached hydrogens (tertiary/aromatic N) is 5. The fourth-order valence-electron chi connectivity index (χ4n) is 3.96. The number of hydrogen-bond acceptors (Lipinski definition) is 5. The predicted molar refractivity (Wildman–Crippen MR) is 114 cm³/mol. The van der Waals surface area contributed by atoms with Crippen molar-refractivity contribution in [2.45, 2.75) is 31.8 Å². The Hall–Kier alpha value is -2.82. The van der Waals surface area contributed by atoms with Crippen LogP contribution in [0.1, 0.15) is 24.1 Å². The molecule has 0 saturated carbocycles. The first kappa shape index (κ1) is 19.5. The van der Waals surface area contributed by atoms with Gasteiger partial charge >= 0.3 is 0 Å². The molecular weight excluding hydrogens is 388 g/mol. The Bertz CT molecular complexity index is 1160. The van der Waals surface area contributed by atoms with Gasteiger partial charge in [0, 0.05) is 36.9 Å². The van der Waals surface area contributed by atoms with Gasteiger partial charge < -0.3 is 19.8 Å². The molecule has 3 aromatic rings. The summed E-state index contributed by atoms with van der Waals surface area (Å²) in [5.41, 5.74) is 8.71. The van der Waals surface area contributed by atoms with Gasteiger partial charge in [-0.05, 0) is 30.5 Å². The number of rotatable bonds is 4. The molecular formula is C21H23ClN6O. The van der Waals surface area contributed by atoms with E-state index in [-0.39, 0.29) is 18.0 Å². The molecule has 0 aliphatic carbocycles. The molecule has 0 amide bonds. The van der Waals surface area contributed by atoms with Crippen LogP contribution in [0.4, 0.5) is 5.95 Å². The molecule has 4 rings (SSSR count). The lowest BCUT2D eigenvalue weighted by Crippen LogP contribution is -2.44. The van der Waals surface area contributed by atoms with E-state index < -0.39 is 0 Å². The van der Waals surface area contributed by atoms with Crippen molar-refractivity contribution < 1.29 is 0 Å². The van der Waals surface area contributed by atoms with Crippen LogP contribution in [0.2, 0.25) is 5.02 Å². The Morgan fingerprint density at radius 3 is 2.90 bits per heavy atom. The highest BCUT2D eigenvalue weighted by Crippen LogP contribution is 2.27. The van der Waals surface area contributed by atoms with E-state index in [0.717, 1.165) is 30.9 Å². The summed E-state index contributed by atoms with van der Waals surface area (Å²) >= 11 is 6.40. The first-order chi connectivity index (χ1) is 14.0. The first-order valence-electron chi connectivity index (χ1n) is 9.69. The van der Waals surface area contributed by atoms with Gasteiger partial charge in [0.15, 0.2) is 0 Å². The first-order valence-corrected chi connectivity index (χ1v) is 10.1. The van der Waals surface area contributed by atoms with E-state index in [9.17, 15) is 4.79 Å². The van der Waals surface area contributed by atoms with Crippen LogP contribution in [0.5, 0.6) is 0 Å². The van der Waals surface area contributed by atoms with Crippen molar-refractivity contribution in [2.24, 2.45) is 12.8 Å². The maximum Gasteiger partial charge on any atom is 0.276 e. The van der Waals surface area contributed by atoms with Crippen LogP contribution in [0.15, 0.2) is 35.1 Å². The molecule has 0 unspecified atom stereocenters. The highest BCUT2D eigenvalue weighted by atomic mass is 35.5. The Morgan fingerprint density at radius 1 is 1.38 bits per heavy atom. The maximum absolute atomic E-state index is 13.2. The molecule has 1 aliphatic heterocycles. The minimum atomic E-state index is -0.167. The molecule has 150 valence electrons. The Balaban J connectivity index is 1.92. The lowest BCUT2D eigenvalue weighted by Gasteiger charge is -2.32. The number of benzene rings is 1. The minimum absolute atomic E-state index is 0.0781. The molecule has 8 heteroatoms. The molecule has 7 nitrogen and oxygen atoms in total. The largest absolute Gasteiger partial charge is 0.341 e. The quantitative estimate of drug-likeness (QED) is 0.713. The number of halogens is 1. The summed E-state index contributed by atoms with van der Waals surface area (Å²) in [6.45, 7) is 1.96. The topological polar surface area (TPSA) is 92.9 Å². The normalized spacial score (nSPS) is 16.9. The number of anilines is 1. The van der Waals surface area contributed by atoms with Crippen molar-refractivity contribution >= 4 is 28.6 Å². The Morgan fingerprint density at radius 2 is 2.17 bits per heavy atom. The summed E-state index contributed by atoms with van der Waals surface area (Å²) < 4.78 is 3.47. The van der Waals surface area contributed by atoms with Crippen LogP contribution in [0.25, 0.3) is 11.0 Å². The summed E-state index contributed by atoms with van der Waals surface area (Å²) in [6, 6.07) is 11.6. The molecule has 29 heavy (non-hydrogen) atoms. The van der Waals surface area contributed by atoms with Gasteiger partial charge in [0.25, 0.3) is 5.56 Å². The third-order valence-electron chi connectivity index (χ3n) is 5.50. The molecule has 0 spiro atoms. The van der Waals surface area contributed by atoms with E-state index >= 15 is 0 Å². The van der Waals surface area contributed by atoms with Gasteiger partial charge in [-0.15, -0.1) is 0 Å². The Labute approximate surface area is 173 Å². The fourth-order valence-corrected chi connectivity index (χ4v) is 4.15. The molecule has 1 aromatic carbocycles. The van der Waals surface area contributed by atoms with E-state index in [1.807, 2.05) is 34.9 Å². The van der Waals surface area contributed by atoms with Gasteiger partial charge in [0.2, 0.25) is 5.95 Å². The van der Waals surface area contributed by atoms with Crippen molar-refractivity contribution in [2.75, 3.05) is 18.0 Å². The van der Waals surface area contributed by atoms with Gasteiger partial charge in [-0.1, -0.05) is 29.8 Å². The van der Waals surface area contributed by atoms with Crippen LogP contribution < -0.4 is 16.2 Å². The lowest BCUT2D eigenvalue weighted by atomic mass is 10.1. The summed E-state index contributed by atoms with van der Waals surface area (Å²) in [4.78, 5) is 20.2. The van der Waals surface area contributed by atoms with E-state index in [0.29, 0.717) is 34.8 Å². The summed E-state index contributed by atoms with van der Waals surface area (Å²) in [7, 11) is 1.69. The number of piperidine rings is 1. The van der Waals surface area contributed by atoms with E-state index in [4.69, 9.17) is 27.6 Å². The number of hydrogen-bond donors (Lipinski definition) is 1. The molecule has 1 atom stereocenters. The average Bonchev–Trinajstić information content (AvgIpc) is 3.06. The van der Waals surface area contributed by atoms with Crippen molar-refractivity contribution in [1.82, 2.24) is 14.1 Å². The summed E-state index contributed by atoms with van der Waals surface area (Å²) in [5, 5.41) is 9.74. The van der Waals surface area contributed by atoms with Crippen LogP contribution in [0, 0.1) is 11.3 Å². The molecule has 2 N–H and O–H groups in total. The number of pyridine rings is 1. The van der Waals surface area contributed by atoms with Crippen molar-refractivity contribution in [3.63, 3.8) is 0 Å². The second kappa shape index (κ2) is 7.90. The van der Waals surface area contributed by atoms with Crippen molar-refractivity contribution in [3.8, 4) is 6.07 Å². The zero-order valence-electron chi connectivity index (χ0n) is 16.3. The van der Waals surface area contributed by atoms with E-state index in [1.165, 1.54) is 4.57 Å². The molecule has 2 aromatic heterocycles. The number of fused-ring (bicyclic) bond motifs is 1. The van der Waals surface area contributed by atoms with Crippen molar-refractivity contribution in [3.05, 3.63) is 57.0 Å². The second-order valence-corrected chi connectivity index (χ2v) is 7.91. The number of aromatic nitrogens is 3. The summed E-state index contributed by atoms with van der Waals surface area (Å²) in [5.74, 6) is 0.723. The number of nitriles is 1. The standard InChI is InChI=1S/C21H23ClN6O/c1-26-16(8-9-23)11-18-19(20(26)29)28(12-14-5-2-3-7-17(14)22)21(25-18)27-10-4-6-15(24)13-27/h2-3,5,7,11,15H,4,6,8,10,12-13,24H2,1H3/t15-/m1/s1. The Kier molecular flexibility index (Phi) is 5.31. The smallest absolute Gasteiger partial charge is 0.276 e. The summed E-state index contributed by atoms with van der Waals surface area (Å²) in [6.07, 6.45) is 2.12. The molecule has 0 bridgehead atoms. The third-order valence-corrected chi connectivity index (χ3v) is 5.87. The maximum atomic E-state index is 13.2. The van der Waals surface area contributed by atoms with Crippen molar-refractivity contribution in [1.29, 1.82) is 5.26 Å². The highest BCUT2D eigenvalue weighted by Gasteiger charge is 2.25. The molecule has 1 saturated heterocycles. The third kappa shape index (κ3) is 3.61. The SMILES string of the molecule is Cn1c(CC#N)cc2nc(N3CCC[C@@H](N)C3)n(Cc3ccccc3Cl)c2c1=O. The molecule has 3 heterocycles. The van der Waals surface area contributed by atoms with E-state index in [1.54, 1.807) is 7.05 Å². The van der Waals surface area contributed by atoms with E-state index in [2.05, 4.69) is 11.0 Å². The van der Waals surface area contributed by atoms with Crippen LogP contribution in [-0.4, -0.2) is 33.2 Å². The van der Waals surface area contributed by atoms with Gasteiger partial charge in [0.1, 0.15) is 5.52 Å². The van der Waals surface area contributed by atoms with Crippen LogP contribution in [-0.2, 0) is 20.0 Å². The van der Waals surface area contributed by atoms with Crippen LogP contribution in [0.3, 0.4) is 0 Å². The van der Waals surface area contributed by atoms with Crippen LogP contribution >= 0.6 is 11.6 Å². The monoisotopic (exact) mass is 410 g/mol. The number of imidazole rings is 1. The van der Waals surface area contributed by atoms with Gasteiger partial charge in [-0.2, -0.15) is 5.26 Å². The van der Waals surface area contributed by atoms with Gasteiger partial charge in [-0.25, -0.2) is 4.98 Å². The fraction of sp³-hybridized carbons (Fsp3) is 0.381. The predicted octanol–water partition coefficient (Wildman–Crippen LogP) is 2.43. The average molecular weight is 411 g/mol. The highest BCUT2D eigenvalue weighted by molar-refractivity contribution is 6.31. The zero-order valence-corrected chi connectivity index (χ0v) is 17.1.